The number of hydrogen-bond acceptors (Lipinski definition) is 3. The Bertz CT molecular complexity index is 638. The molecule has 1 heterocycles. The van der Waals surface area contributed by atoms with Gasteiger partial charge >= 0.3 is 0 Å². The van der Waals surface area contributed by atoms with Crippen LogP contribution >= 0.6 is 0 Å². The number of rotatable bonds is 7. The summed E-state index contributed by atoms with van der Waals surface area (Å²) in [5, 5.41) is 5.86. The first-order chi connectivity index (χ1) is 12.8. The van der Waals surface area contributed by atoms with Crippen molar-refractivity contribution >= 4 is 11.8 Å². The molecule has 1 aromatic carbocycles. The largest absolute Gasteiger partial charge is 0.341 e. The zero-order chi connectivity index (χ0) is 20.0. The zero-order valence-electron chi connectivity index (χ0n) is 16.2. The monoisotopic (exact) mass is 381 g/mol. The van der Waals surface area contributed by atoms with Crippen molar-refractivity contribution in [1.82, 2.24) is 15.5 Å². The number of hydrogen-bond donors (Lipinski definition) is 2. The van der Waals surface area contributed by atoms with Gasteiger partial charge in [-0.25, -0.2) is 8.78 Å². The number of nitrogens with zero attached hydrogens (tertiary/aromatic N) is 1. The predicted molar refractivity (Wildman–Crippen MR) is 100 cm³/mol. The highest BCUT2D eigenvalue weighted by molar-refractivity contribution is 5.98. The first-order valence-corrected chi connectivity index (χ1v) is 9.59. The molecule has 2 rings (SSSR count). The predicted octanol–water partition coefficient (Wildman–Crippen LogP) is 2.57. The molecule has 1 aliphatic rings. The SMILES string of the molecule is CCNCC1CCN(C(=O)C(NC(=O)c2c(F)cccc2F)C(C)C)CC1. The summed E-state index contributed by atoms with van der Waals surface area (Å²) in [6, 6.07) is 2.43. The lowest BCUT2D eigenvalue weighted by Crippen LogP contribution is -2.53. The Morgan fingerprint density at radius 3 is 2.30 bits per heavy atom. The Kier molecular flexibility index (Phi) is 7.71. The van der Waals surface area contributed by atoms with Crippen molar-refractivity contribution in [3.05, 3.63) is 35.4 Å². The molecule has 27 heavy (non-hydrogen) atoms. The Morgan fingerprint density at radius 2 is 1.78 bits per heavy atom. The third kappa shape index (κ3) is 5.48. The topological polar surface area (TPSA) is 61.4 Å². The maximum absolute atomic E-state index is 13.9. The minimum atomic E-state index is -0.938. The molecule has 0 radical (unpaired) electrons. The molecular formula is C20H29F2N3O2. The van der Waals surface area contributed by atoms with Crippen LogP contribution in [0.4, 0.5) is 8.78 Å². The van der Waals surface area contributed by atoms with Crippen molar-refractivity contribution in [2.24, 2.45) is 11.8 Å². The van der Waals surface area contributed by atoms with Crippen molar-refractivity contribution in [2.45, 2.75) is 39.7 Å². The van der Waals surface area contributed by atoms with Gasteiger partial charge in [0.1, 0.15) is 23.2 Å². The van der Waals surface area contributed by atoms with Gasteiger partial charge in [0.25, 0.3) is 5.91 Å². The van der Waals surface area contributed by atoms with E-state index in [1.165, 1.54) is 6.07 Å². The standard InChI is InChI=1S/C20H29F2N3O2/c1-4-23-12-14-8-10-25(11-9-14)20(27)18(13(2)3)24-19(26)17-15(21)6-5-7-16(17)22/h5-7,13-14,18,23H,4,8-12H2,1-3H3,(H,24,26). The molecule has 1 unspecified atom stereocenters. The molecule has 5 nitrogen and oxygen atoms in total. The van der Waals surface area contributed by atoms with E-state index in [1.54, 1.807) is 18.7 Å². The Hall–Kier alpha value is -2.02. The van der Waals surface area contributed by atoms with Crippen molar-refractivity contribution in [2.75, 3.05) is 26.2 Å². The van der Waals surface area contributed by atoms with Crippen LogP contribution in [0.25, 0.3) is 0 Å². The second-order valence-corrected chi connectivity index (χ2v) is 7.37. The third-order valence-electron chi connectivity index (χ3n) is 5.02. The van der Waals surface area contributed by atoms with E-state index in [2.05, 4.69) is 17.6 Å². The molecule has 0 saturated carbocycles. The quantitative estimate of drug-likeness (QED) is 0.763. The molecule has 1 aliphatic heterocycles. The molecule has 1 saturated heterocycles. The van der Waals surface area contributed by atoms with E-state index < -0.39 is 29.1 Å². The summed E-state index contributed by atoms with van der Waals surface area (Å²) in [5.41, 5.74) is -0.653. The lowest BCUT2D eigenvalue weighted by atomic mass is 9.94. The molecule has 2 amide bonds. The zero-order valence-corrected chi connectivity index (χ0v) is 16.2. The highest BCUT2D eigenvalue weighted by atomic mass is 19.1. The average Bonchev–Trinajstić information content (AvgIpc) is 2.64. The summed E-state index contributed by atoms with van der Waals surface area (Å²) >= 11 is 0. The van der Waals surface area contributed by atoms with Gasteiger partial charge in [0.15, 0.2) is 0 Å². The van der Waals surface area contributed by atoms with Gasteiger partial charge in [-0.3, -0.25) is 9.59 Å². The van der Waals surface area contributed by atoms with Crippen LogP contribution in [0.1, 0.15) is 44.0 Å². The molecule has 1 aromatic rings. The number of benzene rings is 1. The molecule has 0 aromatic heterocycles. The molecule has 7 heteroatoms. The van der Waals surface area contributed by atoms with E-state index in [0.717, 1.165) is 38.1 Å². The van der Waals surface area contributed by atoms with Gasteiger partial charge in [0.2, 0.25) is 5.91 Å². The average molecular weight is 381 g/mol. The fourth-order valence-electron chi connectivity index (χ4n) is 3.34. The summed E-state index contributed by atoms with van der Waals surface area (Å²) in [6.07, 6.45) is 1.80. The third-order valence-corrected chi connectivity index (χ3v) is 5.02. The van der Waals surface area contributed by atoms with Crippen LogP contribution in [-0.4, -0.2) is 48.9 Å². The van der Waals surface area contributed by atoms with E-state index >= 15 is 0 Å². The minimum absolute atomic E-state index is 0.197. The van der Waals surface area contributed by atoms with Crippen LogP contribution in [0.2, 0.25) is 0 Å². The summed E-state index contributed by atoms with van der Waals surface area (Å²) in [4.78, 5) is 27.0. The number of piperidine rings is 1. The van der Waals surface area contributed by atoms with Crippen LogP contribution in [0.3, 0.4) is 0 Å². The highest BCUT2D eigenvalue weighted by Gasteiger charge is 2.32. The molecule has 2 N–H and O–H groups in total. The highest BCUT2D eigenvalue weighted by Crippen LogP contribution is 2.19. The second-order valence-electron chi connectivity index (χ2n) is 7.37. The van der Waals surface area contributed by atoms with Gasteiger partial charge in [0.05, 0.1) is 0 Å². The van der Waals surface area contributed by atoms with Crippen LogP contribution in [-0.2, 0) is 4.79 Å². The van der Waals surface area contributed by atoms with Crippen molar-refractivity contribution in [1.29, 1.82) is 0 Å². The first kappa shape index (κ1) is 21.3. The molecule has 0 aliphatic carbocycles. The summed E-state index contributed by atoms with van der Waals surface area (Å²) in [5.74, 6) is -2.64. The molecule has 150 valence electrons. The maximum Gasteiger partial charge on any atom is 0.257 e. The van der Waals surface area contributed by atoms with Crippen molar-refractivity contribution in [3.8, 4) is 0 Å². The fraction of sp³-hybridized carbons (Fsp3) is 0.600. The summed E-state index contributed by atoms with van der Waals surface area (Å²) < 4.78 is 27.7. The van der Waals surface area contributed by atoms with Gasteiger partial charge < -0.3 is 15.5 Å². The molecule has 0 spiro atoms. The van der Waals surface area contributed by atoms with E-state index in [0.29, 0.717) is 19.0 Å². The van der Waals surface area contributed by atoms with E-state index in [-0.39, 0.29) is 11.8 Å². The lowest BCUT2D eigenvalue weighted by molar-refractivity contribution is -0.135. The smallest absolute Gasteiger partial charge is 0.257 e. The van der Waals surface area contributed by atoms with Crippen LogP contribution in [0, 0.1) is 23.5 Å². The van der Waals surface area contributed by atoms with E-state index in [4.69, 9.17) is 0 Å². The number of amides is 2. The van der Waals surface area contributed by atoms with E-state index in [1.807, 2.05) is 0 Å². The van der Waals surface area contributed by atoms with E-state index in [9.17, 15) is 18.4 Å². The van der Waals surface area contributed by atoms with Gasteiger partial charge in [-0.2, -0.15) is 0 Å². The number of nitrogens with one attached hydrogen (secondary N) is 2. The fourth-order valence-corrected chi connectivity index (χ4v) is 3.34. The number of carbonyl (C=O) groups excluding carboxylic acids is 2. The summed E-state index contributed by atoms with van der Waals surface area (Å²) in [7, 11) is 0. The van der Waals surface area contributed by atoms with Gasteiger partial charge in [-0.1, -0.05) is 26.8 Å². The normalized spacial score (nSPS) is 16.4. The molecule has 1 fully saturated rings. The Balaban J connectivity index is 2.03. The molecule has 0 bridgehead atoms. The molecular weight excluding hydrogens is 352 g/mol. The van der Waals surface area contributed by atoms with Gasteiger partial charge in [-0.05, 0) is 49.9 Å². The number of likely N-dealkylation sites (tertiary alicyclic amines) is 1. The van der Waals surface area contributed by atoms with Gasteiger partial charge in [-0.15, -0.1) is 0 Å². The first-order valence-electron chi connectivity index (χ1n) is 9.59. The van der Waals surface area contributed by atoms with Crippen LogP contribution in [0.15, 0.2) is 18.2 Å². The Labute approximate surface area is 159 Å². The van der Waals surface area contributed by atoms with Crippen LogP contribution < -0.4 is 10.6 Å². The van der Waals surface area contributed by atoms with Gasteiger partial charge in [0, 0.05) is 13.1 Å². The minimum Gasteiger partial charge on any atom is -0.341 e. The second kappa shape index (κ2) is 9.78. The Morgan fingerprint density at radius 1 is 1.19 bits per heavy atom. The number of carbonyl (C=O) groups is 2. The van der Waals surface area contributed by atoms with Crippen LogP contribution in [0.5, 0.6) is 0 Å². The van der Waals surface area contributed by atoms with Crippen molar-refractivity contribution in [3.63, 3.8) is 0 Å². The maximum atomic E-state index is 13.9. The number of halogens is 2. The van der Waals surface area contributed by atoms with Crippen molar-refractivity contribution < 1.29 is 18.4 Å². The summed E-state index contributed by atoms with van der Waals surface area (Å²) in [6.45, 7) is 8.79. The lowest BCUT2D eigenvalue weighted by Gasteiger charge is -2.35. The molecule has 1 atom stereocenters.